The zero-order valence-corrected chi connectivity index (χ0v) is 19.3. The topological polar surface area (TPSA) is 95.9 Å². The van der Waals surface area contributed by atoms with E-state index in [0.717, 1.165) is 39.3 Å². The fraction of sp³-hybridized carbons (Fsp3) is 0.222. The van der Waals surface area contributed by atoms with Gasteiger partial charge >= 0.3 is 12.1 Å². The number of carboxylic acids is 1. The number of nitrogens with one attached hydrogen (secondary N) is 1. The largest absolute Gasteiger partial charge is 0.480 e. The van der Waals surface area contributed by atoms with Crippen LogP contribution in [-0.4, -0.2) is 47.2 Å². The van der Waals surface area contributed by atoms with Crippen molar-refractivity contribution in [3.05, 3.63) is 89.2 Å². The molecule has 0 spiro atoms. The lowest BCUT2D eigenvalue weighted by molar-refractivity contribution is -0.138. The van der Waals surface area contributed by atoms with Gasteiger partial charge < -0.3 is 14.7 Å². The van der Waals surface area contributed by atoms with E-state index in [2.05, 4.69) is 5.32 Å². The molecule has 4 rings (SSSR count). The van der Waals surface area contributed by atoms with Gasteiger partial charge in [0.05, 0.1) is 11.3 Å². The van der Waals surface area contributed by atoms with Crippen LogP contribution in [-0.2, 0) is 9.53 Å². The fourth-order valence-electron chi connectivity index (χ4n) is 4.34. The van der Waals surface area contributed by atoms with Crippen LogP contribution in [0.2, 0.25) is 0 Å². The lowest BCUT2D eigenvalue weighted by Gasteiger charge is -2.26. The number of hydrogen-bond donors (Lipinski definition) is 2. The number of ether oxygens (including phenoxy) is 1. The van der Waals surface area contributed by atoms with E-state index in [0.29, 0.717) is 0 Å². The molecule has 3 aromatic carbocycles. The summed E-state index contributed by atoms with van der Waals surface area (Å²) in [6.45, 7) is 2.82. The number of benzene rings is 3. The van der Waals surface area contributed by atoms with Crippen LogP contribution >= 0.6 is 0 Å². The number of carboxylic acid groups (broad SMARTS) is 1. The van der Waals surface area contributed by atoms with Crippen molar-refractivity contribution >= 4 is 23.7 Å². The first-order chi connectivity index (χ1) is 16.8. The van der Waals surface area contributed by atoms with Gasteiger partial charge in [-0.25, -0.2) is 9.18 Å². The molecule has 2 N–H and O–H groups in total. The highest BCUT2D eigenvalue weighted by molar-refractivity contribution is 6.03. The quantitative estimate of drug-likeness (QED) is 0.493. The fourth-order valence-corrected chi connectivity index (χ4v) is 4.34. The molecule has 2 amide bonds. The predicted octanol–water partition coefficient (Wildman–Crippen LogP) is 5.12. The van der Waals surface area contributed by atoms with Crippen LogP contribution in [0.1, 0.15) is 41.3 Å². The number of hydrogen-bond acceptors (Lipinski definition) is 4. The molecule has 0 unspecified atom stereocenters. The van der Waals surface area contributed by atoms with E-state index in [1.54, 1.807) is 13.8 Å². The molecule has 0 bridgehead atoms. The minimum Gasteiger partial charge on any atom is -0.480 e. The van der Waals surface area contributed by atoms with Gasteiger partial charge in [0.25, 0.3) is 5.91 Å². The van der Waals surface area contributed by atoms with Crippen molar-refractivity contribution in [3.8, 4) is 11.1 Å². The summed E-state index contributed by atoms with van der Waals surface area (Å²) in [6, 6.07) is 18.7. The van der Waals surface area contributed by atoms with Gasteiger partial charge in [0.1, 0.15) is 19.0 Å². The molecular weight excluding hydrogens is 451 g/mol. The third kappa shape index (κ3) is 5.01. The molecule has 180 valence electrons. The summed E-state index contributed by atoms with van der Waals surface area (Å²) in [7, 11) is 0. The summed E-state index contributed by atoms with van der Waals surface area (Å²) in [5.41, 5.74) is 4.17. The van der Waals surface area contributed by atoms with Gasteiger partial charge in [-0.1, -0.05) is 48.5 Å². The second-order valence-electron chi connectivity index (χ2n) is 8.56. The van der Waals surface area contributed by atoms with Gasteiger partial charge in [0, 0.05) is 12.0 Å². The summed E-state index contributed by atoms with van der Waals surface area (Å²) < 4.78 is 19.5. The van der Waals surface area contributed by atoms with Crippen LogP contribution < -0.4 is 5.32 Å². The molecule has 1 aliphatic rings. The first-order valence-corrected chi connectivity index (χ1v) is 11.2. The molecule has 0 fully saturated rings. The molecule has 35 heavy (non-hydrogen) atoms. The number of anilines is 1. The third-order valence-corrected chi connectivity index (χ3v) is 5.98. The average molecular weight is 477 g/mol. The molecule has 0 aliphatic heterocycles. The van der Waals surface area contributed by atoms with Gasteiger partial charge in [-0.15, -0.1) is 0 Å². The number of halogens is 1. The van der Waals surface area contributed by atoms with Crippen LogP contribution in [0, 0.1) is 5.82 Å². The van der Waals surface area contributed by atoms with Crippen molar-refractivity contribution < 1.29 is 28.6 Å². The Morgan fingerprint density at radius 2 is 1.60 bits per heavy atom. The smallest absolute Gasteiger partial charge is 0.411 e. The summed E-state index contributed by atoms with van der Waals surface area (Å²) in [6.07, 6.45) is -0.804. The Morgan fingerprint density at radius 3 is 2.17 bits per heavy atom. The highest BCUT2D eigenvalue weighted by atomic mass is 19.1. The molecular formula is C27H25FN2O5. The van der Waals surface area contributed by atoms with E-state index in [1.165, 1.54) is 6.07 Å². The molecule has 0 saturated heterocycles. The van der Waals surface area contributed by atoms with Gasteiger partial charge in [0.15, 0.2) is 0 Å². The van der Waals surface area contributed by atoms with Gasteiger partial charge in [-0.3, -0.25) is 14.9 Å². The zero-order chi connectivity index (χ0) is 25.1. The standard InChI is InChI=1S/C27H25FN2O5/c1-16(2)30(14-25(31)32)26(33)22-13-17(28)11-12-24(22)29-27(34)35-15-23-20-9-5-3-7-18(20)19-8-4-6-10-21(19)23/h3-13,16,23H,14-15H2,1-2H3,(H,29,34)(H,31,32). The summed E-state index contributed by atoms with van der Waals surface area (Å²) >= 11 is 0. The van der Waals surface area contributed by atoms with E-state index in [1.807, 2.05) is 48.5 Å². The third-order valence-electron chi connectivity index (χ3n) is 5.98. The summed E-state index contributed by atoms with van der Waals surface area (Å²) in [4.78, 5) is 38.0. The molecule has 7 nitrogen and oxygen atoms in total. The molecule has 0 radical (unpaired) electrons. The molecule has 0 saturated carbocycles. The van der Waals surface area contributed by atoms with Gasteiger partial charge in [-0.05, 0) is 54.3 Å². The van der Waals surface area contributed by atoms with Crippen molar-refractivity contribution in [2.45, 2.75) is 25.8 Å². The predicted molar refractivity (Wildman–Crippen MR) is 129 cm³/mol. The van der Waals surface area contributed by atoms with E-state index >= 15 is 0 Å². The first-order valence-electron chi connectivity index (χ1n) is 11.2. The number of carbonyl (C=O) groups is 3. The minimum absolute atomic E-state index is 0.0321. The van der Waals surface area contributed by atoms with Crippen molar-refractivity contribution in [2.24, 2.45) is 0 Å². The highest BCUT2D eigenvalue weighted by Crippen LogP contribution is 2.44. The number of amides is 2. The van der Waals surface area contributed by atoms with Crippen LogP contribution in [0.25, 0.3) is 11.1 Å². The number of aliphatic carboxylic acids is 1. The summed E-state index contributed by atoms with van der Waals surface area (Å²) in [5, 5.41) is 11.7. The summed E-state index contributed by atoms with van der Waals surface area (Å²) in [5.74, 6) is -2.75. The van der Waals surface area contributed by atoms with Crippen LogP contribution in [0.5, 0.6) is 0 Å². The average Bonchev–Trinajstić information content (AvgIpc) is 3.15. The number of rotatable bonds is 7. The van der Waals surface area contributed by atoms with E-state index < -0.39 is 36.4 Å². The Hall–Kier alpha value is -4.20. The minimum atomic E-state index is -1.20. The second kappa shape index (κ2) is 9.97. The molecule has 0 aromatic heterocycles. The number of fused-ring (bicyclic) bond motifs is 3. The second-order valence-corrected chi connectivity index (χ2v) is 8.56. The lowest BCUT2D eigenvalue weighted by Crippen LogP contribution is -2.41. The Morgan fingerprint density at radius 1 is 1.00 bits per heavy atom. The maximum atomic E-state index is 14.0. The highest BCUT2D eigenvalue weighted by Gasteiger charge is 2.29. The van der Waals surface area contributed by atoms with Crippen molar-refractivity contribution in [1.29, 1.82) is 0 Å². The normalized spacial score (nSPS) is 12.1. The number of nitrogens with zero attached hydrogens (tertiary/aromatic N) is 1. The van der Waals surface area contributed by atoms with Crippen LogP contribution in [0.3, 0.4) is 0 Å². The van der Waals surface area contributed by atoms with E-state index in [9.17, 15) is 18.8 Å². The molecule has 0 heterocycles. The van der Waals surface area contributed by atoms with Crippen LogP contribution in [0.15, 0.2) is 66.7 Å². The Balaban J connectivity index is 1.52. The maximum Gasteiger partial charge on any atom is 0.411 e. The molecule has 3 aromatic rings. The SMILES string of the molecule is CC(C)N(CC(=O)O)C(=O)c1cc(F)ccc1NC(=O)OCC1c2ccccc2-c2ccccc21. The Kier molecular flexibility index (Phi) is 6.82. The van der Waals surface area contributed by atoms with Crippen molar-refractivity contribution in [1.82, 2.24) is 4.90 Å². The Bertz CT molecular complexity index is 1240. The molecule has 8 heteroatoms. The first kappa shape index (κ1) is 23.9. The van der Waals surface area contributed by atoms with E-state index in [-0.39, 0.29) is 23.8 Å². The van der Waals surface area contributed by atoms with Gasteiger partial charge in [0.2, 0.25) is 0 Å². The maximum absolute atomic E-state index is 14.0. The van der Waals surface area contributed by atoms with Gasteiger partial charge in [-0.2, -0.15) is 0 Å². The molecule has 0 atom stereocenters. The van der Waals surface area contributed by atoms with E-state index in [4.69, 9.17) is 9.84 Å². The Labute approximate surface area is 202 Å². The van der Waals surface area contributed by atoms with Crippen molar-refractivity contribution in [3.63, 3.8) is 0 Å². The van der Waals surface area contributed by atoms with Crippen molar-refractivity contribution in [2.75, 3.05) is 18.5 Å². The lowest BCUT2D eigenvalue weighted by atomic mass is 9.98. The van der Waals surface area contributed by atoms with Crippen LogP contribution in [0.4, 0.5) is 14.9 Å². The monoisotopic (exact) mass is 476 g/mol. The zero-order valence-electron chi connectivity index (χ0n) is 19.3. The molecule has 1 aliphatic carbocycles. The number of carbonyl (C=O) groups excluding carboxylic acids is 2.